The van der Waals surface area contributed by atoms with Crippen LogP contribution in [0, 0.1) is 0 Å². The van der Waals surface area contributed by atoms with Crippen molar-refractivity contribution in [2.75, 3.05) is 0 Å². The van der Waals surface area contributed by atoms with Crippen LogP contribution < -0.4 is 11.1 Å². The average molecular weight is 514 g/mol. The number of nitrogens with one attached hydrogen (secondary N) is 1. The van der Waals surface area contributed by atoms with Crippen LogP contribution in [0.3, 0.4) is 0 Å². The fraction of sp³-hybridized carbons (Fsp3) is 0.452. The Bertz CT molecular complexity index is 1270. The summed E-state index contributed by atoms with van der Waals surface area (Å²) in [6.07, 6.45) is 5.82. The van der Waals surface area contributed by atoms with Gasteiger partial charge in [-0.3, -0.25) is 9.59 Å². The molecule has 1 atom stereocenters. The zero-order valence-corrected chi connectivity index (χ0v) is 22.7. The summed E-state index contributed by atoms with van der Waals surface area (Å²) >= 11 is 0. The molecule has 5 rings (SSSR count). The average Bonchev–Trinajstić information content (AvgIpc) is 3.30. The number of fused-ring (bicyclic) bond motifs is 1. The standard InChI is InChI=1S/C31H39N5O2/c1-31(2,3)23-11-9-21(10-12-23)18-35-20-33-26-17-27(29(37)34-25-15-13-24(32)14-16-25)36(19-28(26)35)30(38)22-7-5-4-6-8-22/h4-12,20,24-25,27H,13-19,32H2,1-3H3,(H,34,37). The summed E-state index contributed by atoms with van der Waals surface area (Å²) in [6.45, 7) is 7.64. The van der Waals surface area contributed by atoms with Crippen molar-refractivity contribution < 1.29 is 9.59 Å². The normalized spacial score (nSPS) is 21.6. The molecule has 2 aromatic carbocycles. The Labute approximate surface area is 225 Å². The first kappa shape index (κ1) is 26.2. The van der Waals surface area contributed by atoms with E-state index in [4.69, 9.17) is 10.7 Å². The Morgan fingerprint density at radius 1 is 1.00 bits per heavy atom. The second kappa shape index (κ2) is 10.7. The summed E-state index contributed by atoms with van der Waals surface area (Å²) in [6, 6.07) is 17.6. The Hall–Kier alpha value is -3.45. The van der Waals surface area contributed by atoms with E-state index in [-0.39, 0.29) is 29.3 Å². The smallest absolute Gasteiger partial charge is 0.254 e. The molecule has 0 bridgehead atoms. The highest BCUT2D eigenvalue weighted by Gasteiger charge is 2.38. The van der Waals surface area contributed by atoms with Crippen molar-refractivity contribution in [1.29, 1.82) is 0 Å². The minimum Gasteiger partial charge on any atom is -0.352 e. The number of carbonyl (C=O) groups excluding carboxylic acids is 2. The van der Waals surface area contributed by atoms with E-state index in [1.165, 1.54) is 11.1 Å². The van der Waals surface area contributed by atoms with Crippen LogP contribution >= 0.6 is 0 Å². The van der Waals surface area contributed by atoms with E-state index in [0.717, 1.165) is 37.1 Å². The number of carbonyl (C=O) groups is 2. The second-order valence-electron chi connectivity index (χ2n) is 11.9. The molecular weight excluding hydrogens is 474 g/mol. The van der Waals surface area contributed by atoms with E-state index in [1.54, 1.807) is 4.90 Å². The minimum atomic E-state index is -0.597. The Kier molecular flexibility index (Phi) is 7.39. The Morgan fingerprint density at radius 3 is 2.34 bits per heavy atom. The molecule has 7 nitrogen and oxygen atoms in total. The lowest BCUT2D eigenvalue weighted by Gasteiger charge is -2.36. The van der Waals surface area contributed by atoms with Crippen molar-refractivity contribution in [2.45, 2.75) is 89.5 Å². The van der Waals surface area contributed by atoms with Crippen molar-refractivity contribution >= 4 is 11.8 Å². The number of nitrogens with two attached hydrogens (primary N) is 1. The van der Waals surface area contributed by atoms with Gasteiger partial charge in [0, 0.05) is 30.6 Å². The van der Waals surface area contributed by atoms with Crippen molar-refractivity contribution in [3.8, 4) is 0 Å². The summed E-state index contributed by atoms with van der Waals surface area (Å²) in [4.78, 5) is 33.6. The number of benzene rings is 2. The Morgan fingerprint density at radius 2 is 1.68 bits per heavy atom. The third kappa shape index (κ3) is 5.68. The predicted octanol–water partition coefficient (Wildman–Crippen LogP) is 4.18. The van der Waals surface area contributed by atoms with Gasteiger partial charge in [0.25, 0.3) is 5.91 Å². The van der Waals surface area contributed by atoms with E-state index < -0.39 is 6.04 Å². The molecule has 3 aromatic rings. The van der Waals surface area contributed by atoms with Gasteiger partial charge in [0.1, 0.15) is 6.04 Å². The molecule has 1 unspecified atom stereocenters. The summed E-state index contributed by atoms with van der Waals surface area (Å²) in [5.41, 5.74) is 11.1. The summed E-state index contributed by atoms with van der Waals surface area (Å²) in [5.74, 6) is -0.239. The maximum atomic E-state index is 13.7. The van der Waals surface area contributed by atoms with Gasteiger partial charge in [-0.25, -0.2) is 4.98 Å². The van der Waals surface area contributed by atoms with Gasteiger partial charge in [-0.1, -0.05) is 63.2 Å². The summed E-state index contributed by atoms with van der Waals surface area (Å²) < 4.78 is 2.11. The fourth-order valence-electron chi connectivity index (χ4n) is 5.56. The van der Waals surface area contributed by atoms with Crippen LogP contribution in [0.15, 0.2) is 60.9 Å². The lowest BCUT2D eigenvalue weighted by atomic mass is 9.87. The molecule has 0 saturated heterocycles. The molecule has 0 radical (unpaired) electrons. The maximum absolute atomic E-state index is 13.7. The number of hydrogen-bond donors (Lipinski definition) is 2. The lowest BCUT2D eigenvalue weighted by Crippen LogP contribution is -2.55. The van der Waals surface area contributed by atoms with E-state index >= 15 is 0 Å². The maximum Gasteiger partial charge on any atom is 0.254 e. The van der Waals surface area contributed by atoms with Crippen molar-refractivity contribution in [3.05, 3.63) is 89.0 Å². The van der Waals surface area contributed by atoms with Crippen LogP contribution in [0.5, 0.6) is 0 Å². The molecule has 2 amide bonds. The zero-order valence-electron chi connectivity index (χ0n) is 22.7. The summed E-state index contributed by atoms with van der Waals surface area (Å²) in [7, 11) is 0. The zero-order chi connectivity index (χ0) is 26.9. The van der Waals surface area contributed by atoms with Crippen LogP contribution in [-0.4, -0.2) is 44.4 Å². The van der Waals surface area contributed by atoms with Gasteiger partial charge < -0.3 is 20.5 Å². The van der Waals surface area contributed by atoms with Gasteiger partial charge in [-0.15, -0.1) is 0 Å². The first-order valence-electron chi connectivity index (χ1n) is 13.7. The van der Waals surface area contributed by atoms with Gasteiger partial charge in [0.05, 0.1) is 24.3 Å². The molecule has 2 aliphatic rings. The third-order valence-electron chi connectivity index (χ3n) is 7.99. The van der Waals surface area contributed by atoms with Gasteiger partial charge >= 0.3 is 0 Å². The largest absolute Gasteiger partial charge is 0.352 e. The van der Waals surface area contributed by atoms with E-state index in [0.29, 0.717) is 25.1 Å². The number of hydrogen-bond acceptors (Lipinski definition) is 4. The van der Waals surface area contributed by atoms with Crippen LogP contribution in [0.4, 0.5) is 0 Å². The highest BCUT2D eigenvalue weighted by molar-refractivity contribution is 5.98. The van der Waals surface area contributed by atoms with E-state index in [1.807, 2.05) is 36.7 Å². The van der Waals surface area contributed by atoms with Crippen LogP contribution in [0.25, 0.3) is 0 Å². The van der Waals surface area contributed by atoms with Crippen LogP contribution in [0.2, 0.25) is 0 Å². The van der Waals surface area contributed by atoms with Gasteiger partial charge in [0.15, 0.2) is 0 Å². The number of aromatic nitrogens is 2. The predicted molar refractivity (Wildman–Crippen MR) is 149 cm³/mol. The molecule has 1 saturated carbocycles. The molecule has 1 aliphatic carbocycles. The van der Waals surface area contributed by atoms with Crippen molar-refractivity contribution in [3.63, 3.8) is 0 Å². The lowest BCUT2D eigenvalue weighted by molar-refractivity contribution is -0.127. The van der Waals surface area contributed by atoms with E-state index in [2.05, 4.69) is 54.9 Å². The number of amides is 2. The molecular formula is C31H39N5O2. The van der Waals surface area contributed by atoms with E-state index in [9.17, 15) is 9.59 Å². The molecule has 200 valence electrons. The Balaban J connectivity index is 1.39. The van der Waals surface area contributed by atoms with Crippen LogP contribution in [0.1, 0.15) is 79.3 Å². The molecule has 3 N–H and O–H groups in total. The molecule has 2 heterocycles. The quantitative estimate of drug-likeness (QED) is 0.535. The molecule has 1 aliphatic heterocycles. The molecule has 7 heteroatoms. The summed E-state index contributed by atoms with van der Waals surface area (Å²) in [5, 5.41) is 3.22. The number of imidazole rings is 1. The first-order valence-corrected chi connectivity index (χ1v) is 13.7. The van der Waals surface area contributed by atoms with Crippen molar-refractivity contribution in [1.82, 2.24) is 19.8 Å². The second-order valence-corrected chi connectivity index (χ2v) is 11.9. The third-order valence-corrected chi connectivity index (χ3v) is 7.99. The van der Waals surface area contributed by atoms with Gasteiger partial charge in [0.2, 0.25) is 5.91 Å². The van der Waals surface area contributed by atoms with Crippen LogP contribution in [-0.2, 0) is 29.7 Å². The number of nitrogens with zero attached hydrogens (tertiary/aromatic N) is 3. The molecule has 0 spiro atoms. The SMILES string of the molecule is CC(C)(C)c1ccc(Cn2cnc3c2CN(C(=O)c2ccccc2)C(C(=O)NC2CCC(N)CC2)C3)cc1. The van der Waals surface area contributed by atoms with Gasteiger partial charge in [-0.2, -0.15) is 0 Å². The van der Waals surface area contributed by atoms with Crippen molar-refractivity contribution in [2.24, 2.45) is 5.73 Å². The molecule has 1 aromatic heterocycles. The fourth-order valence-corrected chi connectivity index (χ4v) is 5.56. The van der Waals surface area contributed by atoms with Gasteiger partial charge in [-0.05, 0) is 54.4 Å². The minimum absolute atomic E-state index is 0.101. The number of rotatable bonds is 5. The first-order chi connectivity index (χ1) is 18.2. The topological polar surface area (TPSA) is 93.2 Å². The molecule has 38 heavy (non-hydrogen) atoms. The monoisotopic (exact) mass is 513 g/mol. The highest BCUT2D eigenvalue weighted by Crippen LogP contribution is 2.27. The highest BCUT2D eigenvalue weighted by atomic mass is 16.2. The molecule has 1 fully saturated rings.